The molecule has 34 heavy (non-hydrogen) atoms. The summed E-state index contributed by atoms with van der Waals surface area (Å²) in [6.07, 6.45) is 0. The Labute approximate surface area is 209 Å². The first-order valence-corrected chi connectivity index (χ1v) is 12.5. The van der Waals surface area contributed by atoms with Gasteiger partial charge < -0.3 is 15.2 Å². The fraction of sp³-hybridized carbons (Fsp3) is 0.360. The molecule has 2 N–H and O–H groups in total. The Hall–Kier alpha value is -2.84. The number of anilines is 1. The number of nitrogens with one attached hydrogen (secondary N) is 2. The van der Waals surface area contributed by atoms with Gasteiger partial charge in [0.05, 0.1) is 11.8 Å². The second-order valence-corrected chi connectivity index (χ2v) is 10.1. The van der Waals surface area contributed by atoms with Gasteiger partial charge in [-0.1, -0.05) is 63.2 Å². The topological polar surface area (TPSA) is 88.9 Å². The van der Waals surface area contributed by atoms with Gasteiger partial charge in [0, 0.05) is 23.3 Å². The summed E-state index contributed by atoms with van der Waals surface area (Å²) in [6, 6.07) is 14.2. The summed E-state index contributed by atoms with van der Waals surface area (Å²) < 4.78 is 1.82. The Morgan fingerprint density at radius 1 is 1.00 bits per heavy atom. The molecule has 0 aliphatic carbocycles. The van der Waals surface area contributed by atoms with Gasteiger partial charge in [-0.05, 0) is 53.8 Å². The predicted molar refractivity (Wildman–Crippen MR) is 137 cm³/mol. The third-order valence-electron chi connectivity index (χ3n) is 5.40. The fourth-order valence-electron chi connectivity index (χ4n) is 3.36. The van der Waals surface area contributed by atoms with Gasteiger partial charge >= 0.3 is 0 Å². The minimum absolute atomic E-state index is 0.0779. The lowest BCUT2D eigenvalue weighted by Gasteiger charge is -2.21. The van der Waals surface area contributed by atoms with Crippen LogP contribution in [0.4, 0.5) is 5.69 Å². The van der Waals surface area contributed by atoms with Crippen LogP contribution >= 0.6 is 23.4 Å². The van der Waals surface area contributed by atoms with Gasteiger partial charge in [0.2, 0.25) is 5.91 Å². The van der Waals surface area contributed by atoms with Crippen LogP contribution in [-0.2, 0) is 11.8 Å². The number of aromatic nitrogens is 3. The number of rotatable bonds is 9. The van der Waals surface area contributed by atoms with Crippen molar-refractivity contribution in [2.24, 2.45) is 13.0 Å². The second-order valence-electron chi connectivity index (χ2n) is 8.72. The van der Waals surface area contributed by atoms with Crippen LogP contribution in [0.15, 0.2) is 53.7 Å². The van der Waals surface area contributed by atoms with Crippen molar-refractivity contribution in [3.05, 3.63) is 70.5 Å². The third-order valence-corrected chi connectivity index (χ3v) is 6.67. The highest BCUT2D eigenvalue weighted by molar-refractivity contribution is 7.99. The lowest BCUT2D eigenvalue weighted by molar-refractivity contribution is -0.113. The van der Waals surface area contributed by atoms with Crippen molar-refractivity contribution >= 4 is 40.9 Å². The van der Waals surface area contributed by atoms with E-state index in [-0.39, 0.29) is 29.5 Å². The van der Waals surface area contributed by atoms with Gasteiger partial charge in [0.1, 0.15) is 0 Å². The molecule has 0 saturated heterocycles. The van der Waals surface area contributed by atoms with Crippen LogP contribution in [0.25, 0.3) is 0 Å². The molecule has 1 aromatic heterocycles. The van der Waals surface area contributed by atoms with Gasteiger partial charge in [-0.25, -0.2) is 0 Å². The third kappa shape index (κ3) is 6.61. The molecule has 2 amide bonds. The van der Waals surface area contributed by atoms with Crippen LogP contribution in [-0.4, -0.2) is 32.3 Å². The fourth-order valence-corrected chi connectivity index (χ4v) is 4.20. The normalized spacial score (nSPS) is 12.1. The molecule has 7 nitrogen and oxygen atoms in total. The Morgan fingerprint density at radius 3 is 2.24 bits per heavy atom. The first kappa shape index (κ1) is 25.8. The predicted octanol–water partition coefficient (Wildman–Crippen LogP) is 5.45. The van der Waals surface area contributed by atoms with Gasteiger partial charge in [-0.3, -0.25) is 9.59 Å². The van der Waals surface area contributed by atoms with Crippen LogP contribution in [0.1, 0.15) is 61.4 Å². The molecule has 0 unspecified atom stereocenters. The van der Waals surface area contributed by atoms with E-state index in [9.17, 15) is 9.59 Å². The van der Waals surface area contributed by atoms with Crippen LogP contribution in [0.5, 0.6) is 0 Å². The van der Waals surface area contributed by atoms with E-state index < -0.39 is 0 Å². The van der Waals surface area contributed by atoms with E-state index in [1.54, 1.807) is 24.3 Å². The monoisotopic (exact) mass is 499 g/mol. The molecular formula is C25H30ClN5O2S. The molecule has 180 valence electrons. The first-order chi connectivity index (χ1) is 16.2. The molecule has 0 bridgehead atoms. The Morgan fingerprint density at radius 2 is 1.65 bits per heavy atom. The highest BCUT2D eigenvalue weighted by atomic mass is 35.5. The number of thioether (sulfide) groups is 1. The van der Waals surface area contributed by atoms with E-state index in [1.807, 2.05) is 49.7 Å². The number of hydrogen-bond acceptors (Lipinski definition) is 5. The number of hydrogen-bond donors (Lipinski definition) is 2. The molecule has 0 aliphatic heterocycles. The Kier molecular flexibility index (Phi) is 8.74. The molecule has 2 aromatic carbocycles. The second kappa shape index (κ2) is 11.5. The molecule has 0 radical (unpaired) electrons. The zero-order valence-electron chi connectivity index (χ0n) is 20.0. The molecule has 9 heteroatoms. The molecular weight excluding hydrogens is 470 g/mol. The minimum Gasteiger partial charge on any atom is -0.342 e. The first-order valence-electron chi connectivity index (χ1n) is 11.1. The van der Waals surface area contributed by atoms with Gasteiger partial charge in [-0.2, -0.15) is 0 Å². The van der Waals surface area contributed by atoms with E-state index in [4.69, 9.17) is 11.6 Å². The largest absolute Gasteiger partial charge is 0.342 e. The number of benzene rings is 2. The molecule has 1 atom stereocenters. The number of amides is 2. The van der Waals surface area contributed by atoms with Crippen molar-refractivity contribution in [1.82, 2.24) is 20.1 Å². The lowest BCUT2D eigenvalue weighted by atomic mass is 10.0. The van der Waals surface area contributed by atoms with E-state index in [0.717, 1.165) is 5.69 Å². The van der Waals surface area contributed by atoms with Crippen molar-refractivity contribution in [3.8, 4) is 0 Å². The number of carbonyl (C=O) groups is 2. The minimum atomic E-state index is -0.344. The van der Waals surface area contributed by atoms with E-state index in [2.05, 4.69) is 34.7 Å². The highest BCUT2D eigenvalue weighted by Crippen LogP contribution is 2.25. The van der Waals surface area contributed by atoms with Gasteiger partial charge in [-0.15, -0.1) is 10.2 Å². The van der Waals surface area contributed by atoms with E-state index >= 15 is 0 Å². The van der Waals surface area contributed by atoms with Crippen LogP contribution < -0.4 is 10.6 Å². The van der Waals surface area contributed by atoms with E-state index in [0.29, 0.717) is 27.5 Å². The molecule has 3 aromatic rings. The maximum Gasteiger partial charge on any atom is 0.251 e. The number of carbonyl (C=O) groups excluding carboxylic acids is 2. The summed E-state index contributed by atoms with van der Waals surface area (Å²) in [5.41, 5.74) is 2.50. The summed E-state index contributed by atoms with van der Waals surface area (Å²) in [6.45, 7) is 8.28. The SMILES string of the molecule is CC(C)c1ccc(NC(=O)CSc2nnc([C@@H](NC(=O)c3ccc(Cl)cc3)C(C)C)n2C)cc1. The molecule has 0 fully saturated rings. The molecule has 0 spiro atoms. The Balaban J connectivity index is 1.63. The summed E-state index contributed by atoms with van der Waals surface area (Å²) in [5, 5.41) is 15.7. The van der Waals surface area contributed by atoms with Crippen molar-refractivity contribution in [1.29, 1.82) is 0 Å². The maximum absolute atomic E-state index is 12.7. The lowest BCUT2D eigenvalue weighted by Crippen LogP contribution is -2.33. The summed E-state index contributed by atoms with van der Waals surface area (Å²) >= 11 is 7.22. The summed E-state index contributed by atoms with van der Waals surface area (Å²) in [4.78, 5) is 25.2. The van der Waals surface area contributed by atoms with Gasteiger partial charge in [0.25, 0.3) is 5.91 Å². The summed E-state index contributed by atoms with van der Waals surface area (Å²) in [7, 11) is 1.84. The molecule has 0 aliphatic rings. The molecule has 0 saturated carbocycles. The van der Waals surface area contributed by atoms with Crippen molar-refractivity contribution in [2.45, 2.75) is 44.8 Å². The van der Waals surface area contributed by atoms with E-state index in [1.165, 1.54) is 17.3 Å². The van der Waals surface area contributed by atoms with Gasteiger partial charge in [0.15, 0.2) is 11.0 Å². The molecule has 1 heterocycles. The van der Waals surface area contributed by atoms with Crippen LogP contribution in [0.3, 0.4) is 0 Å². The number of halogens is 1. The van der Waals surface area contributed by atoms with Crippen LogP contribution in [0, 0.1) is 5.92 Å². The zero-order chi connectivity index (χ0) is 24.8. The standard InChI is InChI=1S/C25H30ClN5O2S/c1-15(2)17-8-12-20(13-9-17)27-21(32)14-34-25-30-29-23(31(25)5)22(16(3)4)28-24(33)18-6-10-19(26)11-7-18/h6-13,15-16,22H,14H2,1-5H3,(H,27,32)(H,28,33)/t22-/m0/s1. The van der Waals surface area contributed by atoms with Crippen molar-refractivity contribution in [2.75, 3.05) is 11.1 Å². The maximum atomic E-state index is 12.7. The Bertz CT molecular complexity index is 1130. The average molecular weight is 500 g/mol. The smallest absolute Gasteiger partial charge is 0.251 e. The van der Waals surface area contributed by atoms with Crippen molar-refractivity contribution in [3.63, 3.8) is 0 Å². The molecule has 3 rings (SSSR count). The average Bonchev–Trinajstić information content (AvgIpc) is 3.16. The number of nitrogens with zero attached hydrogens (tertiary/aromatic N) is 3. The zero-order valence-corrected chi connectivity index (χ0v) is 21.6. The quantitative estimate of drug-likeness (QED) is 0.382. The van der Waals surface area contributed by atoms with Crippen molar-refractivity contribution < 1.29 is 9.59 Å². The summed E-state index contributed by atoms with van der Waals surface area (Å²) in [5.74, 6) is 1.01. The highest BCUT2D eigenvalue weighted by Gasteiger charge is 2.25. The van der Waals surface area contributed by atoms with Crippen LogP contribution in [0.2, 0.25) is 5.02 Å².